The van der Waals surface area contributed by atoms with Gasteiger partial charge in [-0.15, -0.1) is 0 Å². The van der Waals surface area contributed by atoms with Crippen LogP contribution in [0.25, 0.3) is 11.5 Å². The number of hydrogen-bond acceptors (Lipinski definition) is 5. The number of anilines is 1. The molecule has 24 heavy (non-hydrogen) atoms. The summed E-state index contributed by atoms with van der Waals surface area (Å²) in [6.45, 7) is 2.57. The summed E-state index contributed by atoms with van der Waals surface area (Å²) in [7, 11) is 0. The lowest BCUT2D eigenvalue weighted by Crippen LogP contribution is -2.24. The summed E-state index contributed by atoms with van der Waals surface area (Å²) in [6, 6.07) is 13.5. The van der Waals surface area contributed by atoms with Crippen molar-refractivity contribution in [3.8, 4) is 11.5 Å². The van der Waals surface area contributed by atoms with Crippen LogP contribution in [0.15, 0.2) is 53.2 Å². The molecule has 1 aromatic carbocycles. The molecule has 2 aromatic heterocycles. The van der Waals surface area contributed by atoms with Crippen molar-refractivity contribution in [2.45, 2.75) is 19.3 Å². The monoisotopic (exact) mass is 320 g/mol. The number of aromatic nitrogens is 3. The van der Waals surface area contributed by atoms with Gasteiger partial charge in [-0.2, -0.15) is 4.98 Å². The maximum atomic E-state index is 12.3. The Bertz CT molecular complexity index is 858. The standard InChI is InChI=1S/C18H16N4O2/c1-12-5-7-14(8-6-12)22-11-13(10-16(22)23)18-20-17(21-24-18)15-4-2-3-9-19-15/h2-9,13H,10-11H2,1H3/t13-/m0/s1. The fraction of sp³-hybridized carbons (Fsp3) is 0.222. The van der Waals surface area contributed by atoms with Crippen molar-refractivity contribution in [2.75, 3.05) is 11.4 Å². The van der Waals surface area contributed by atoms with E-state index < -0.39 is 0 Å². The summed E-state index contributed by atoms with van der Waals surface area (Å²) in [5.74, 6) is 0.913. The lowest BCUT2D eigenvalue weighted by Gasteiger charge is -2.16. The molecule has 1 saturated heterocycles. The largest absolute Gasteiger partial charge is 0.339 e. The molecule has 1 aliphatic heterocycles. The van der Waals surface area contributed by atoms with Crippen LogP contribution in [0.2, 0.25) is 0 Å². The maximum absolute atomic E-state index is 12.3. The van der Waals surface area contributed by atoms with Crippen molar-refractivity contribution in [1.82, 2.24) is 15.1 Å². The molecule has 4 rings (SSSR count). The van der Waals surface area contributed by atoms with Gasteiger partial charge in [0.2, 0.25) is 17.6 Å². The van der Waals surface area contributed by atoms with Gasteiger partial charge in [-0.25, -0.2) is 0 Å². The van der Waals surface area contributed by atoms with Crippen LogP contribution in [0.5, 0.6) is 0 Å². The third kappa shape index (κ3) is 2.67. The Hall–Kier alpha value is -3.02. The van der Waals surface area contributed by atoms with Crippen LogP contribution in [-0.2, 0) is 4.79 Å². The lowest BCUT2D eigenvalue weighted by atomic mass is 10.1. The summed E-state index contributed by atoms with van der Waals surface area (Å²) < 4.78 is 5.37. The predicted molar refractivity (Wildman–Crippen MR) is 88.4 cm³/mol. The third-order valence-electron chi connectivity index (χ3n) is 4.16. The Balaban J connectivity index is 1.55. The normalized spacial score (nSPS) is 17.5. The molecular weight excluding hydrogens is 304 g/mol. The van der Waals surface area contributed by atoms with E-state index in [0.717, 1.165) is 5.69 Å². The number of hydrogen-bond donors (Lipinski definition) is 0. The highest BCUT2D eigenvalue weighted by Crippen LogP contribution is 2.31. The molecule has 6 nitrogen and oxygen atoms in total. The van der Waals surface area contributed by atoms with Crippen LogP contribution in [0.3, 0.4) is 0 Å². The van der Waals surface area contributed by atoms with E-state index in [1.807, 2.05) is 49.4 Å². The van der Waals surface area contributed by atoms with Crippen molar-refractivity contribution in [1.29, 1.82) is 0 Å². The first-order valence-corrected chi connectivity index (χ1v) is 7.83. The zero-order valence-corrected chi connectivity index (χ0v) is 13.2. The molecule has 0 N–H and O–H groups in total. The summed E-state index contributed by atoms with van der Waals surface area (Å²) in [5.41, 5.74) is 2.73. The predicted octanol–water partition coefficient (Wildman–Crippen LogP) is 2.96. The summed E-state index contributed by atoms with van der Waals surface area (Å²) in [5, 5.41) is 3.99. The molecule has 1 amide bonds. The molecule has 0 aliphatic carbocycles. The molecule has 0 radical (unpaired) electrons. The average molecular weight is 320 g/mol. The van der Waals surface area contributed by atoms with E-state index in [0.29, 0.717) is 30.4 Å². The Morgan fingerprint density at radius 3 is 2.75 bits per heavy atom. The highest BCUT2D eigenvalue weighted by molar-refractivity contribution is 5.96. The molecule has 6 heteroatoms. The second-order valence-corrected chi connectivity index (χ2v) is 5.91. The van der Waals surface area contributed by atoms with Crippen LogP contribution < -0.4 is 4.90 Å². The van der Waals surface area contributed by atoms with E-state index in [-0.39, 0.29) is 11.8 Å². The van der Waals surface area contributed by atoms with Gasteiger partial charge in [0.05, 0.1) is 5.92 Å². The van der Waals surface area contributed by atoms with Gasteiger partial charge in [-0.3, -0.25) is 9.78 Å². The molecule has 1 atom stereocenters. The first-order valence-electron chi connectivity index (χ1n) is 7.83. The van der Waals surface area contributed by atoms with Crippen LogP contribution in [0.4, 0.5) is 5.69 Å². The van der Waals surface area contributed by atoms with Crippen molar-refractivity contribution in [2.24, 2.45) is 0 Å². The Kier molecular flexibility index (Phi) is 3.57. The zero-order chi connectivity index (χ0) is 16.5. The summed E-state index contributed by atoms with van der Waals surface area (Å²) in [6.07, 6.45) is 2.06. The Labute approximate surface area is 139 Å². The molecule has 120 valence electrons. The van der Waals surface area contributed by atoms with Gasteiger partial charge in [0.25, 0.3) is 0 Å². The fourth-order valence-electron chi connectivity index (χ4n) is 2.85. The molecule has 0 unspecified atom stereocenters. The van der Waals surface area contributed by atoms with E-state index in [4.69, 9.17) is 4.52 Å². The maximum Gasteiger partial charge on any atom is 0.232 e. The van der Waals surface area contributed by atoms with Gasteiger partial charge in [0, 0.05) is 24.8 Å². The van der Waals surface area contributed by atoms with Crippen LogP contribution in [0, 0.1) is 6.92 Å². The molecule has 0 spiro atoms. The number of aryl methyl sites for hydroxylation is 1. The number of amides is 1. The number of pyridine rings is 1. The van der Waals surface area contributed by atoms with E-state index >= 15 is 0 Å². The van der Waals surface area contributed by atoms with Gasteiger partial charge in [0.1, 0.15) is 5.69 Å². The summed E-state index contributed by atoms with van der Waals surface area (Å²) >= 11 is 0. The van der Waals surface area contributed by atoms with E-state index in [2.05, 4.69) is 15.1 Å². The minimum atomic E-state index is -0.0937. The van der Waals surface area contributed by atoms with Gasteiger partial charge < -0.3 is 9.42 Å². The van der Waals surface area contributed by atoms with Gasteiger partial charge >= 0.3 is 0 Å². The second-order valence-electron chi connectivity index (χ2n) is 5.91. The highest BCUT2D eigenvalue weighted by atomic mass is 16.5. The SMILES string of the molecule is Cc1ccc(N2C[C@@H](c3nc(-c4ccccn4)no3)CC2=O)cc1. The van der Waals surface area contributed by atoms with Crippen molar-refractivity contribution in [3.63, 3.8) is 0 Å². The summed E-state index contributed by atoms with van der Waals surface area (Å²) in [4.78, 5) is 22.7. The number of nitrogens with zero attached hydrogens (tertiary/aromatic N) is 4. The van der Waals surface area contributed by atoms with Gasteiger partial charge in [-0.05, 0) is 31.2 Å². The number of rotatable bonds is 3. The minimum absolute atomic E-state index is 0.0708. The molecule has 0 saturated carbocycles. The van der Waals surface area contributed by atoms with Gasteiger partial charge in [-0.1, -0.05) is 28.9 Å². The minimum Gasteiger partial charge on any atom is -0.339 e. The smallest absolute Gasteiger partial charge is 0.232 e. The van der Waals surface area contributed by atoms with Crippen LogP contribution in [0.1, 0.15) is 23.8 Å². The van der Waals surface area contributed by atoms with E-state index in [9.17, 15) is 4.79 Å². The number of benzene rings is 1. The van der Waals surface area contributed by atoms with Crippen LogP contribution in [-0.4, -0.2) is 27.6 Å². The Morgan fingerprint density at radius 1 is 1.17 bits per heavy atom. The third-order valence-corrected chi connectivity index (χ3v) is 4.16. The van der Waals surface area contributed by atoms with Gasteiger partial charge in [0.15, 0.2) is 0 Å². The molecule has 3 aromatic rings. The number of carbonyl (C=O) groups is 1. The van der Waals surface area contributed by atoms with Crippen molar-refractivity contribution in [3.05, 3.63) is 60.1 Å². The van der Waals surface area contributed by atoms with E-state index in [1.54, 1.807) is 11.1 Å². The quantitative estimate of drug-likeness (QED) is 0.742. The average Bonchev–Trinajstić information content (AvgIpc) is 3.23. The molecule has 3 heterocycles. The molecule has 0 bridgehead atoms. The molecular formula is C18H16N4O2. The number of carbonyl (C=O) groups excluding carboxylic acids is 1. The Morgan fingerprint density at radius 2 is 2.00 bits per heavy atom. The fourth-order valence-corrected chi connectivity index (χ4v) is 2.85. The van der Waals surface area contributed by atoms with Crippen LogP contribution >= 0.6 is 0 Å². The molecule has 1 aliphatic rings. The first-order chi connectivity index (χ1) is 11.7. The highest BCUT2D eigenvalue weighted by Gasteiger charge is 2.35. The van der Waals surface area contributed by atoms with Crippen molar-refractivity contribution >= 4 is 11.6 Å². The molecule has 1 fully saturated rings. The van der Waals surface area contributed by atoms with E-state index in [1.165, 1.54) is 5.56 Å². The zero-order valence-electron chi connectivity index (χ0n) is 13.2. The van der Waals surface area contributed by atoms with Crippen molar-refractivity contribution < 1.29 is 9.32 Å². The second kappa shape index (κ2) is 5.88. The lowest BCUT2D eigenvalue weighted by molar-refractivity contribution is -0.117. The topological polar surface area (TPSA) is 72.1 Å². The first kappa shape index (κ1) is 14.6.